The van der Waals surface area contributed by atoms with Crippen molar-refractivity contribution in [1.82, 2.24) is 10.6 Å². The van der Waals surface area contributed by atoms with E-state index >= 15 is 0 Å². The van der Waals surface area contributed by atoms with Crippen LogP contribution in [0.4, 0.5) is 0 Å². The lowest BCUT2D eigenvalue weighted by atomic mass is 10.3. The molecule has 0 heterocycles. The Bertz CT molecular complexity index is 138. The van der Waals surface area contributed by atoms with Crippen LogP contribution in [0.5, 0.6) is 0 Å². The van der Waals surface area contributed by atoms with Crippen LogP contribution in [-0.2, 0) is 4.79 Å². The average Bonchev–Trinajstić information content (AvgIpc) is 2.08. The van der Waals surface area contributed by atoms with Crippen molar-refractivity contribution < 1.29 is 9.90 Å². The predicted molar refractivity (Wildman–Crippen MR) is 52.5 cm³/mol. The molecule has 78 valence electrons. The van der Waals surface area contributed by atoms with Gasteiger partial charge in [-0.1, -0.05) is 6.92 Å². The molecule has 0 aliphatic heterocycles. The second kappa shape index (κ2) is 8.01. The van der Waals surface area contributed by atoms with E-state index in [4.69, 9.17) is 5.11 Å². The van der Waals surface area contributed by atoms with E-state index in [1.807, 2.05) is 6.92 Å². The fraction of sp³-hybridized carbons (Fsp3) is 0.889. The highest BCUT2D eigenvalue weighted by Gasteiger charge is 1.99. The minimum Gasteiger partial charge on any atom is -0.392 e. The Balaban J connectivity index is 3.17. The standard InChI is InChI=1S/C9H20N2O2/c1-3-5-11-9(13)4-6-10-7-8(2)12/h8,10,12H,3-7H2,1-2H3,(H,11,13). The molecule has 0 rings (SSSR count). The van der Waals surface area contributed by atoms with Crippen molar-refractivity contribution in [3.05, 3.63) is 0 Å². The molecule has 0 radical (unpaired) electrons. The van der Waals surface area contributed by atoms with Gasteiger partial charge in [-0.2, -0.15) is 0 Å². The highest BCUT2D eigenvalue weighted by atomic mass is 16.3. The largest absolute Gasteiger partial charge is 0.392 e. The minimum atomic E-state index is -0.348. The van der Waals surface area contributed by atoms with E-state index in [9.17, 15) is 4.79 Å². The molecule has 0 aliphatic rings. The number of nitrogens with one attached hydrogen (secondary N) is 2. The van der Waals surface area contributed by atoms with Crippen molar-refractivity contribution in [3.8, 4) is 0 Å². The van der Waals surface area contributed by atoms with Crippen molar-refractivity contribution in [2.45, 2.75) is 32.8 Å². The zero-order chi connectivity index (χ0) is 10.1. The lowest BCUT2D eigenvalue weighted by Gasteiger charge is -2.06. The summed E-state index contributed by atoms with van der Waals surface area (Å²) in [4.78, 5) is 11.0. The SMILES string of the molecule is CCCNC(=O)CCNCC(C)O. The van der Waals surface area contributed by atoms with Gasteiger partial charge in [0.25, 0.3) is 0 Å². The Labute approximate surface area is 79.7 Å². The number of aliphatic hydroxyl groups excluding tert-OH is 1. The maximum Gasteiger partial charge on any atom is 0.221 e. The molecule has 4 nitrogen and oxygen atoms in total. The van der Waals surface area contributed by atoms with Crippen LogP contribution in [0.1, 0.15) is 26.7 Å². The van der Waals surface area contributed by atoms with Crippen LogP contribution >= 0.6 is 0 Å². The van der Waals surface area contributed by atoms with Gasteiger partial charge in [-0.25, -0.2) is 0 Å². The van der Waals surface area contributed by atoms with Gasteiger partial charge in [0.05, 0.1) is 6.10 Å². The summed E-state index contributed by atoms with van der Waals surface area (Å²) in [6, 6.07) is 0. The van der Waals surface area contributed by atoms with Crippen LogP contribution in [0, 0.1) is 0 Å². The third-order valence-electron chi connectivity index (χ3n) is 1.54. The zero-order valence-electron chi connectivity index (χ0n) is 8.47. The van der Waals surface area contributed by atoms with Crippen molar-refractivity contribution in [2.24, 2.45) is 0 Å². The molecule has 1 atom stereocenters. The molecule has 0 aromatic heterocycles. The van der Waals surface area contributed by atoms with Crippen LogP contribution in [0.2, 0.25) is 0 Å². The van der Waals surface area contributed by atoms with Crippen molar-refractivity contribution in [3.63, 3.8) is 0 Å². The van der Waals surface area contributed by atoms with Crippen LogP contribution < -0.4 is 10.6 Å². The number of rotatable bonds is 7. The van der Waals surface area contributed by atoms with Crippen molar-refractivity contribution >= 4 is 5.91 Å². The molecule has 0 aliphatic carbocycles. The summed E-state index contributed by atoms with van der Waals surface area (Å²) < 4.78 is 0. The van der Waals surface area contributed by atoms with Crippen LogP contribution in [0.15, 0.2) is 0 Å². The number of amides is 1. The van der Waals surface area contributed by atoms with Gasteiger partial charge in [0.2, 0.25) is 5.91 Å². The lowest BCUT2D eigenvalue weighted by Crippen LogP contribution is -2.31. The number of carbonyl (C=O) groups excluding carboxylic acids is 1. The maximum absolute atomic E-state index is 11.0. The third kappa shape index (κ3) is 9.30. The van der Waals surface area contributed by atoms with Gasteiger partial charge in [0.15, 0.2) is 0 Å². The summed E-state index contributed by atoms with van der Waals surface area (Å²) >= 11 is 0. The van der Waals surface area contributed by atoms with Crippen molar-refractivity contribution in [2.75, 3.05) is 19.6 Å². The highest BCUT2D eigenvalue weighted by molar-refractivity contribution is 5.75. The molecule has 4 heteroatoms. The fourth-order valence-electron chi connectivity index (χ4n) is 0.866. The summed E-state index contributed by atoms with van der Waals surface area (Å²) in [5, 5.41) is 14.7. The van der Waals surface area contributed by atoms with Crippen LogP contribution in [0.3, 0.4) is 0 Å². The molecule has 1 unspecified atom stereocenters. The zero-order valence-corrected chi connectivity index (χ0v) is 8.47. The maximum atomic E-state index is 11.0. The summed E-state index contributed by atoms with van der Waals surface area (Å²) in [6.45, 7) is 5.65. The van der Waals surface area contributed by atoms with Gasteiger partial charge in [-0.3, -0.25) is 4.79 Å². The Morgan fingerprint density at radius 1 is 1.46 bits per heavy atom. The highest BCUT2D eigenvalue weighted by Crippen LogP contribution is 1.80. The summed E-state index contributed by atoms with van der Waals surface area (Å²) in [7, 11) is 0. The van der Waals surface area contributed by atoms with E-state index in [2.05, 4.69) is 10.6 Å². The van der Waals surface area contributed by atoms with E-state index in [1.165, 1.54) is 0 Å². The van der Waals surface area contributed by atoms with Crippen LogP contribution in [-0.4, -0.2) is 36.8 Å². The predicted octanol–water partition coefficient (Wildman–Crippen LogP) is -0.127. The quantitative estimate of drug-likeness (QED) is 0.488. The molecule has 0 fully saturated rings. The number of carbonyl (C=O) groups is 1. The molecule has 0 aromatic carbocycles. The molecule has 0 aromatic rings. The molecule has 13 heavy (non-hydrogen) atoms. The number of hydrogen-bond donors (Lipinski definition) is 3. The Morgan fingerprint density at radius 2 is 2.15 bits per heavy atom. The molecular formula is C9H20N2O2. The molecular weight excluding hydrogens is 168 g/mol. The Morgan fingerprint density at radius 3 is 2.69 bits per heavy atom. The topological polar surface area (TPSA) is 61.4 Å². The van der Waals surface area contributed by atoms with Gasteiger partial charge in [0.1, 0.15) is 0 Å². The summed E-state index contributed by atoms with van der Waals surface area (Å²) in [5.41, 5.74) is 0. The summed E-state index contributed by atoms with van der Waals surface area (Å²) in [5.74, 6) is 0.0694. The van der Waals surface area contributed by atoms with E-state index in [-0.39, 0.29) is 12.0 Å². The minimum absolute atomic E-state index is 0.0694. The number of aliphatic hydroxyl groups is 1. The van der Waals surface area contributed by atoms with E-state index in [0.29, 0.717) is 19.5 Å². The van der Waals surface area contributed by atoms with Gasteiger partial charge in [-0.05, 0) is 13.3 Å². The molecule has 0 spiro atoms. The first-order valence-electron chi connectivity index (χ1n) is 4.82. The van der Waals surface area contributed by atoms with Gasteiger partial charge in [0, 0.05) is 26.1 Å². The average molecular weight is 188 g/mol. The first kappa shape index (κ1) is 12.4. The Kier molecular flexibility index (Phi) is 7.63. The molecule has 3 N–H and O–H groups in total. The third-order valence-corrected chi connectivity index (χ3v) is 1.54. The first-order chi connectivity index (χ1) is 6.16. The second-order valence-corrected chi connectivity index (χ2v) is 3.15. The van der Waals surface area contributed by atoms with E-state index in [1.54, 1.807) is 6.92 Å². The van der Waals surface area contributed by atoms with Crippen molar-refractivity contribution in [1.29, 1.82) is 0 Å². The molecule has 0 saturated carbocycles. The van der Waals surface area contributed by atoms with E-state index in [0.717, 1.165) is 13.0 Å². The van der Waals surface area contributed by atoms with Gasteiger partial charge < -0.3 is 15.7 Å². The molecule has 0 saturated heterocycles. The first-order valence-corrected chi connectivity index (χ1v) is 4.82. The van der Waals surface area contributed by atoms with Gasteiger partial charge >= 0.3 is 0 Å². The lowest BCUT2D eigenvalue weighted by molar-refractivity contribution is -0.121. The molecule has 1 amide bonds. The fourth-order valence-corrected chi connectivity index (χ4v) is 0.866. The van der Waals surface area contributed by atoms with Crippen LogP contribution in [0.25, 0.3) is 0 Å². The molecule has 0 bridgehead atoms. The Hall–Kier alpha value is -0.610. The monoisotopic (exact) mass is 188 g/mol. The van der Waals surface area contributed by atoms with Gasteiger partial charge in [-0.15, -0.1) is 0 Å². The second-order valence-electron chi connectivity index (χ2n) is 3.15. The normalized spacial score (nSPS) is 12.5. The summed E-state index contributed by atoms with van der Waals surface area (Å²) in [6.07, 6.45) is 1.10. The van der Waals surface area contributed by atoms with E-state index < -0.39 is 0 Å². The number of hydrogen-bond acceptors (Lipinski definition) is 3. The smallest absolute Gasteiger partial charge is 0.221 e.